The molecular weight excluding hydrogens is 360 g/mol. The molecule has 0 N–H and O–H groups in total. The van der Waals surface area contributed by atoms with E-state index in [4.69, 9.17) is 0 Å². The van der Waals surface area contributed by atoms with Crippen molar-refractivity contribution in [3.8, 4) is 11.1 Å². The van der Waals surface area contributed by atoms with Crippen LogP contribution in [0.5, 0.6) is 0 Å². The third-order valence-corrected chi connectivity index (χ3v) is 5.81. The molecule has 0 aliphatic carbocycles. The van der Waals surface area contributed by atoms with E-state index in [1.165, 1.54) is 59.8 Å². The normalized spacial score (nSPS) is 12.5. The Bertz CT molecular complexity index is 1350. The fourth-order valence-corrected chi connectivity index (χ4v) is 4.32. The van der Waals surface area contributed by atoms with E-state index in [1.54, 1.807) is 0 Å². The van der Waals surface area contributed by atoms with Crippen LogP contribution in [0.3, 0.4) is 0 Å². The molecule has 0 amide bonds. The fraction of sp³-hybridized carbons (Fsp3) is 0.200. The van der Waals surface area contributed by atoms with E-state index in [9.17, 15) is 0 Å². The maximum Gasteiger partial charge on any atom is -0.00731 e. The van der Waals surface area contributed by atoms with Crippen LogP contribution in [-0.2, 0) is 0 Å². The quantitative estimate of drug-likeness (QED) is 0.332. The predicted molar refractivity (Wildman–Crippen MR) is 136 cm³/mol. The SMILES string of the molecule is C=C/C(C)=c1\c(=C/C)ccc2cc(-c3ccc(C)c4ccccc34)cc(C)c12.CC. The Morgan fingerprint density at radius 2 is 1.53 bits per heavy atom. The summed E-state index contributed by atoms with van der Waals surface area (Å²) in [6, 6.07) is 22.3. The van der Waals surface area contributed by atoms with E-state index in [2.05, 4.69) is 101 Å². The number of rotatable bonds is 2. The van der Waals surface area contributed by atoms with Gasteiger partial charge in [-0.2, -0.15) is 0 Å². The van der Waals surface area contributed by atoms with E-state index >= 15 is 0 Å². The first-order valence-corrected chi connectivity index (χ1v) is 10.9. The van der Waals surface area contributed by atoms with Crippen LogP contribution in [0.15, 0.2) is 73.3 Å². The number of aryl methyl sites for hydroxylation is 2. The average molecular weight is 393 g/mol. The maximum absolute atomic E-state index is 4.01. The Morgan fingerprint density at radius 3 is 2.20 bits per heavy atom. The summed E-state index contributed by atoms with van der Waals surface area (Å²) in [5.41, 5.74) is 6.41. The summed E-state index contributed by atoms with van der Waals surface area (Å²) in [4.78, 5) is 0. The Kier molecular flexibility index (Phi) is 6.57. The molecule has 0 unspecified atom stereocenters. The highest BCUT2D eigenvalue weighted by molar-refractivity contribution is 6.01. The minimum absolute atomic E-state index is 1.22. The standard InChI is InChI=1S/C28H26.C2H6/c1-6-18(3)27-21(7-2)13-14-22-17-23(16-20(5)28(22)27)25-15-12-19(4)24-10-8-9-11-26(24)25;1-2/h6-17H,1H2,2-5H3;1-2H3/b21-7-,27-18+;. The van der Waals surface area contributed by atoms with Gasteiger partial charge in [0.2, 0.25) is 0 Å². The van der Waals surface area contributed by atoms with Crippen molar-refractivity contribution in [2.45, 2.75) is 41.5 Å². The van der Waals surface area contributed by atoms with E-state index in [-0.39, 0.29) is 0 Å². The van der Waals surface area contributed by atoms with Gasteiger partial charge in [-0.15, -0.1) is 0 Å². The third kappa shape index (κ3) is 3.71. The first kappa shape index (κ1) is 21.6. The third-order valence-electron chi connectivity index (χ3n) is 5.81. The largest absolute Gasteiger partial charge is 0.0988 e. The molecular formula is C30H32. The van der Waals surface area contributed by atoms with Crippen molar-refractivity contribution in [1.82, 2.24) is 0 Å². The zero-order valence-corrected chi connectivity index (χ0v) is 19.1. The molecule has 0 fully saturated rings. The highest BCUT2D eigenvalue weighted by Crippen LogP contribution is 2.33. The summed E-state index contributed by atoms with van der Waals surface area (Å²) in [5.74, 6) is 0. The lowest BCUT2D eigenvalue weighted by Crippen LogP contribution is -2.27. The topological polar surface area (TPSA) is 0 Å². The predicted octanol–water partition coefficient (Wildman–Crippen LogP) is 7.46. The molecule has 0 spiro atoms. The molecule has 152 valence electrons. The van der Waals surface area contributed by atoms with Gasteiger partial charge in [0.25, 0.3) is 0 Å². The molecule has 0 saturated heterocycles. The average Bonchev–Trinajstić information content (AvgIpc) is 2.79. The second kappa shape index (κ2) is 9.13. The van der Waals surface area contributed by atoms with Crippen LogP contribution < -0.4 is 10.4 Å². The van der Waals surface area contributed by atoms with Crippen molar-refractivity contribution in [2.75, 3.05) is 0 Å². The van der Waals surface area contributed by atoms with Crippen LogP contribution in [0.2, 0.25) is 0 Å². The minimum atomic E-state index is 1.22. The Hall–Kier alpha value is -3.12. The van der Waals surface area contributed by atoms with Crippen LogP contribution in [0, 0.1) is 13.8 Å². The second-order valence-corrected chi connectivity index (χ2v) is 7.57. The van der Waals surface area contributed by atoms with Crippen molar-refractivity contribution in [2.24, 2.45) is 0 Å². The summed E-state index contributed by atoms with van der Waals surface area (Å²) < 4.78 is 0. The lowest BCUT2D eigenvalue weighted by Gasteiger charge is -2.13. The van der Waals surface area contributed by atoms with Crippen molar-refractivity contribution in [1.29, 1.82) is 0 Å². The summed E-state index contributed by atoms with van der Waals surface area (Å²) in [5, 5.41) is 7.81. The molecule has 0 heterocycles. The molecule has 4 aromatic rings. The summed E-state index contributed by atoms with van der Waals surface area (Å²) in [6.45, 7) is 16.7. The lowest BCUT2D eigenvalue weighted by molar-refractivity contribution is 1.45. The monoisotopic (exact) mass is 392 g/mol. The fourth-order valence-electron chi connectivity index (χ4n) is 4.32. The van der Waals surface area contributed by atoms with E-state index in [1.807, 2.05) is 19.9 Å². The molecule has 4 aromatic carbocycles. The van der Waals surface area contributed by atoms with Gasteiger partial charge in [-0.25, -0.2) is 0 Å². The molecule has 0 radical (unpaired) electrons. The highest BCUT2D eigenvalue weighted by Gasteiger charge is 2.10. The van der Waals surface area contributed by atoms with Gasteiger partial charge in [0.15, 0.2) is 0 Å². The summed E-state index contributed by atoms with van der Waals surface area (Å²) in [6.07, 6.45) is 4.14. The summed E-state index contributed by atoms with van der Waals surface area (Å²) >= 11 is 0. The Labute approximate surface area is 180 Å². The van der Waals surface area contributed by atoms with E-state index in [0.29, 0.717) is 0 Å². The van der Waals surface area contributed by atoms with Gasteiger partial charge >= 0.3 is 0 Å². The van der Waals surface area contributed by atoms with Crippen LogP contribution in [0.4, 0.5) is 0 Å². The van der Waals surface area contributed by atoms with Crippen LogP contribution in [-0.4, -0.2) is 0 Å². The number of hydrogen-bond acceptors (Lipinski definition) is 0. The van der Waals surface area contributed by atoms with Gasteiger partial charge in [-0.05, 0) is 93.6 Å². The zero-order chi connectivity index (χ0) is 21.8. The van der Waals surface area contributed by atoms with Crippen LogP contribution in [0.25, 0.3) is 44.3 Å². The molecule has 4 rings (SSSR count). The Balaban J connectivity index is 0.00000124. The first-order chi connectivity index (χ1) is 14.5. The number of hydrogen-bond donors (Lipinski definition) is 0. The van der Waals surface area contributed by atoms with E-state index < -0.39 is 0 Å². The van der Waals surface area contributed by atoms with Crippen LogP contribution >= 0.6 is 0 Å². The smallest absolute Gasteiger partial charge is 0.00731 e. The number of benzene rings is 4. The molecule has 0 aliphatic heterocycles. The van der Waals surface area contributed by atoms with Crippen molar-refractivity contribution in [3.05, 3.63) is 94.9 Å². The molecule has 0 heteroatoms. The minimum Gasteiger partial charge on any atom is -0.0988 e. The van der Waals surface area contributed by atoms with Gasteiger partial charge in [-0.1, -0.05) is 87.2 Å². The second-order valence-electron chi connectivity index (χ2n) is 7.57. The van der Waals surface area contributed by atoms with Crippen molar-refractivity contribution < 1.29 is 0 Å². The van der Waals surface area contributed by atoms with Gasteiger partial charge in [0.05, 0.1) is 0 Å². The Morgan fingerprint density at radius 1 is 0.833 bits per heavy atom. The molecule has 30 heavy (non-hydrogen) atoms. The lowest BCUT2D eigenvalue weighted by atomic mass is 9.91. The summed E-state index contributed by atoms with van der Waals surface area (Å²) in [7, 11) is 0. The maximum atomic E-state index is 4.01. The molecule has 0 saturated carbocycles. The molecule has 0 aromatic heterocycles. The number of allylic oxidation sites excluding steroid dienone is 1. The van der Waals surface area contributed by atoms with Crippen LogP contribution in [0.1, 0.15) is 38.8 Å². The van der Waals surface area contributed by atoms with Crippen molar-refractivity contribution in [3.63, 3.8) is 0 Å². The first-order valence-electron chi connectivity index (χ1n) is 10.9. The molecule has 0 nitrogen and oxygen atoms in total. The molecule has 0 aliphatic rings. The van der Waals surface area contributed by atoms with Crippen molar-refractivity contribution >= 4 is 33.2 Å². The van der Waals surface area contributed by atoms with E-state index in [0.717, 1.165) is 0 Å². The van der Waals surface area contributed by atoms with Gasteiger partial charge < -0.3 is 0 Å². The number of fused-ring (bicyclic) bond motifs is 2. The highest BCUT2D eigenvalue weighted by atomic mass is 14.1. The van der Waals surface area contributed by atoms with Gasteiger partial charge in [0.1, 0.15) is 0 Å². The zero-order valence-electron chi connectivity index (χ0n) is 19.1. The molecule has 0 bridgehead atoms. The van der Waals surface area contributed by atoms with Gasteiger partial charge in [0, 0.05) is 0 Å². The van der Waals surface area contributed by atoms with Gasteiger partial charge in [-0.3, -0.25) is 0 Å². The molecule has 0 atom stereocenters.